The second-order valence-electron chi connectivity index (χ2n) is 5.77. The highest BCUT2D eigenvalue weighted by molar-refractivity contribution is 9.10. The molecular weight excluding hydrogens is 392 g/mol. The molecule has 0 fully saturated rings. The van der Waals surface area contributed by atoms with E-state index in [4.69, 9.17) is 4.74 Å². The van der Waals surface area contributed by atoms with Crippen LogP contribution in [0.4, 0.5) is 0 Å². The number of benzene rings is 2. The third kappa shape index (κ3) is 5.17. The van der Waals surface area contributed by atoms with E-state index in [0.717, 1.165) is 22.2 Å². The molecule has 4 nitrogen and oxygen atoms in total. The van der Waals surface area contributed by atoms with Crippen LogP contribution in [0, 0.1) is 0 Å². The molecule has 0 atom stereocenters. The normalized spacial score (nSPS) is 10.3. The number of halogens is 1. The highest BCUT2D eigenvalue weighted by Crippen LogP contribution is 2.26. The SMILES string of the molecule is O=C(NCc1cccnc1)c1ccc(OCCc2ccccc2)c(Br)c1. The zero-order valence-electron chi connectivity index (χ0n) is 14.2. The maximum Gasteiger partial charge on any atom is 0.251 e. The third-order valence-corrected chi connectivity index (χ3v) is 4.48. The molecule has 0 aliphatic carbocycles. The van der Waals surface area contributed by atoms with E-state index in [2.05, 4.69) is 38.4 Å². The average molecular weight is 411 g/mol. The summed E-state index contributed by atoms with van der Waals surface area (Å²) in [4.78, 5) is 16.3. The number of carbonyl (C=O) groups excluding carboxylic acids is 1. The van der Waals surface area contributed by atoms with E-state index in [1.807, 2.05) is 36.4 Å². The van der Waals surface area contributed by atoms with Gasteiger partial charge in [0.1, 0.15) is 5.75 Å². The van der Waals surface area contributed by atoms with Crippen molar-refractivity contribution in [1.82, 2.24) is 10.3 Å². The van der Waals surface area contributed by atoms with Crippen molar-refractivity contribution in [2.45, 2.75) is 13.0 Å². The molecule has 1 heterocycles. The average Bonchev–Trinajstić information content (AvgIpc) is 2.69. The van der Waals surface area contributed by atoms with Gasteiger partial charge in [-0.1, -0.05) is 36.4 Å². The number of nitrogens with zero attached hydrogens (tertiary/aromatic N) is 1. The summed E-state index contributed by atoms with van der Waals surface area (Å²) in [5, 5.41) is 2.89. The van der Waals surface area contributed by atoms with Crippen molar-refractivity contribution in [3.05, 3.63) is 94.2 Å². The molecular formula is C21H19BrN2O2. The quantitative estimate of drug-likeness (QED) is 0.627. The highest BCUT2D eigenvalue weighted by Gasteiger charge is 2.09. The van der Waals surface area contributed by atoms with E-state index >= 15 is 0 Å². The number of ether oxygens (including phenoxy) is 1. The molecule has 2 aromatic carbocycles. The number of pyridine rings is 1. The fraction of sp³-hybridized carbons (Fsp3) is 0.143. The molecule has 0 bridgehead atoms. The molecule has 5 heteroatoms. The van der Waals surface area contributed by atoms with Crippen LogP contribution in [0.5, 0.6) is 5.75 Å². The van der Waals surface area contributed by atoms with Crippen molar-refractivity contribution >= 4 is 21.8 Å². The first-order valence-electron chi connectivity index (χ1n) is 8.36. The first-order chi connectivity index (χ1) is 12.7. The third-order valence-electron chi connectivity index (χ3n) is 3.86. The van der Waals surface area contributed by atoms with Gasteiger partial charge in [-0.15, -0.1) is 0 Å². The minimum atomic E-state index is -0.134. The van der Waals surface area contributed by atoms with E-state index in [1.165, 1.54) is 5.56 Å². The maximum absolute atomic E-state index is 12.3. The Labute approximate surface area is 161 Å². The standard InChI is InChI=1S/C21H19BrN2O2/c22-19-13-18(21(25)24-15-17-7-4-11-23-14-17)8-9-20(19)26-12-10-16-5-2-1-3-6-16/h1-9,11,13-14H,10,12,15H2,(H,24,25). The largest absolute Gasteiger partial charge is 0.492 e. The van der Waals surface area contributed by atoms with Crippen LogP contribution in [0.25, 0.3) is 0 Å². The lowest BCUT2D eigenvalue weighted by Crippen LogP contribution is -2.22. The number of aromatic nitrogens is 1. The lowest BCUT2D eigenvalue weighted by molar-refractivity contribution is 0.0951. The van der Waals surface area contributed by atoms with Crippen LogP contribution in [-0.4, -0.2) is 17.5 Å². The van der Waals surface area contributed by atoms with Gasteiger partial charge in [-0.05, 0) is 51.3 Å². The Kier molecular flexibility index (Phi) is 6.39. The number of hydrogen-bond donors (Lipinski definition) is 1. The molecule has 1 amide bonds. The Morgan fingerprint density at radius 3 is 2.58 bits per heavy atom. The van der Waals surface area contributed by atoms with E-state index in [0.29, 0.717) is 18.7 Å². The molecule has 132 valence electrons. The first kappa shape index (κ1) is 18.1. The summed E-state index contributed by atoms with van der Waals surface area (Å²) in [6.07, 6.45) is 4.28. The lowest BCUT2D eigenvalue weighted by atomic mass is 10.2. The van der Waals surface area contributed by atoms with Gasteiger partial charge in [0.2, 0.25) is 0 Å². The molecule has 0 aliphatic heterocycles. The number of rotatable bonds is 7. The highest BCUT2D eigenvalue weighted by atomic mass is 79.9. The van der Waals surface area contributed by atoms with Crippen LogP contribution in [0.15, 0.2) is 77.5 Å². The van der Waals surface area contributed by atoms with Crippen molar-refractivity contribution in [2.75, 3.05) is 6.61 Å². The van der Waals surface area contributed by atoms with Crippen LogP contribution in [0.3, 0.4) is 0 Å². The second kappa shape index (κ2) is 9.15. The van der Waals surface area contributed by atoms with Gasteiger partial charge in [-0.2, -0.15) is 0 Å². The van der Waals surface area contributed by atoms with Gasteiger partial charge in [-0.3, -0.25) is 9.78 Å². The summed E-state index contributed by atoms with van der Waals surface area (Å²) in [5.41, 5.74) is 2.77. The molecule has 0 aliphatic rings. The van der Waals surface area contributed by atoms with Gasteiger partial charge >= 0.3 is 0 Å². The molecule has 26 heavy (non-hydrogen) atoms. The van der Waals surface area contributed by atoms with Crippen LogP contribution in [0.1, 0.15) is 21.5 Å². The Hall–Kier alpha value is -2.66. The van der Waals surface area contributed by atoms with Gasteiger partial charge in [0.25, 0.3) is 5.91 Å². The molecule has 3 aromatic rings. The Bertz CT molecular complexity index is 854. The van der Waals surface area contributed by atoms with Gasteiger partial charge < -0.3 is 10.1 Å². The number of amides is 1. The lowest BCUT2D eigenvalue weighted by Gasteiger charge is -2.10. The second-order valence-corrected chi connectivity index (χ2v) is 6.63. The van der Waals surface area contributed by atoms with Gasteiger partial charge in [0.15, 0.2) is 0 Å². The van der Waals surface area contributed by atoms with E-state index in [9.17, 15) is 4.79 Å². The zero-order valence-corrected chi connectivity index (χ0v) is 15.8. The van der Waals surface area contributed by atoms with Gasteiger partial charge in [-0.25, -0.2) is 0 Å². The first-order valence-corrected chi connectivity index (χ1v) is 9.15. The fourth-order valence-electron chi connectivity index (χ4n) is 2.47. The van der Waals surface area contributed by atoms with Crippen molar-refractivity contribution in [3.8, 4) is 5.75 Å². The van der Waals surface area contributed by atoms with Gasteiger partial charge in [0.05, 0.1) is 11.1 Å². The molecule has 1 N–H and O–H groups in total. The predicted octanol–water partition coefficient (Wildman–Crippen LogP) is 4.40. The fourth-order valence-corrected chi connectivity index (χ4v) is 2.96. The van der Waals surface area contributed by atoms with E-state index < -0.39 is 0 Å². The maximum atomic E-state index is 12.3. The Morgan fingerprint density at radius 1 is 1.04 bits per heavy atom. The molecule has 3 rings (SSSR count). The van der Waals surface area contributed by atoms with Crippen molar-refractivity contribution in [2.24, 2.45) is 0 Å². The van der Waals surface area contributed by atoms with E-state index in [1.54, 1.807) is 24.5 Å². The van der Waals surface area contributed by atoms with Gasteiger partial charge in [0, 0.05) is 30.9 Å². The van der Waals surface area contributed by atoms with Crippen LogP contribution in [-0.2, 0) is 13.0 Å². The van der Waals surface area contributed by atoms with E-state index in [-0.39, 0.29) is 5.91 Å². The minimum absolute atomic E-state index is 0.134. The van der Waals surface area contributed by atoms with Crippen LogP contribution in [0.2, 0.25) is 0 Å². The molecule has 0 saturated heterocycles. The van der Waals surface area contributed by atoms with Crippen LogP contribution >= 0.6 is 15.9 Å². The smallest absolute Gasteiger partial charge is 0.251 e. The van der Waals surface area contributed by atoms with Crippen molar-refractivity contribution < 1.29 is 9.53 Å². The summed E-state index contributed by atoms with van der Waals surface area (Å²) < 4.78 is 6.58. The Morgan fingerprint density at radius 2 is 1.85 bits per heavy atom. The molecule has 0 saturated carbocycles. The minimum Gasteiger partial charge on any atom is -0.492 e. The Balaban J connectivity index is 1.54. The number of carbonyl (C=O) groups is 1. The van der Waals surface area contributed by atoms with Crippen LogP contribution < -0.4 is 10.1 Å². The predicted molar refractivity (Wildman–Crippen MR) is 105 cm³/mol. The summed E-state index contributed by atoms with van der Waals surface area (Å²) in [7, 11) is 0. The number of hydrogen-bond acceptors (Lipinski definition) is 3. The monoisotopic (exact) mass is 410 g/mol. The van der Waals surface area contributed by atoms with Crippen molar-refractivity contribution in [1.29, 1.82) is 0 Å². The summed E-state index contributed by atoms with van der Waals surface area (Å²) >= 11 is 3.48. The molecule has 0 spiro atoms. The number of nitrogens with one attached hydrogen (secondary N) is 1. The topological polar surface area (TPSA) is 51.2 Å². The summed E-state index contributed by atoms with van der Waals surface area (Å²) in [5.74, 6) is 0.593. The van der Waals surface area contributed by atoms with Crippen molar-refractivity contribution in [3.63, 3.8) is 0 Å². The molecule has 0 unspecified atom stereocenters. The summed E-state index contributed by atoms with van der Waals surface area (Å²) in [6, 6.07) is 19.3. The molecule has 1 aromatic heterocycles. The zero-order chi connectivity index (χ0) is 18.2. The molecule has 0 radical (unpaired) electrons. The summed E-state index contributed by atoms with van der Waals surface area (Å²) in [6.45, 7) is 1.02.